The first-order valence-corrected chi connectivity index (χ1v) is 20.6. The molecule has 0 saturated heterocycles. The van der Waals surface area contributed by atoms with Gasteiger partial charge < -0.3 is 4.57 Å². The van der Waals surface area contributed by atoms with Crippen molar-refractivity contribution in [1.29, 1.82) is 0 Å². The molecule has 2 aliphatic carbocycles. The normalized spacial score (nSPS) is 14.7. The molecule has 2 aliphatic rings. The Labute approximate surface area is 331 Å². The van der Waals surface area contributed by atoms with E-state index in [-0.39, 0.29) is 10.8 Å². The Kier molecular flexibility index (Phi) is 6.40. The van der Waals surface area contributed by atoms with Gasteiger partial charge in [0.2, 0.25) is 0 Å². The van der Waals surface area contributed by atoms with Gasteiger partial charge in [-0.3, -0.25) is 0 Å². The van der Waals surface area contributed by atoms with E-state index in [9.17, 15) is 0 Å². The SMILES string of the molecule is CC1(C)c2ccccc2-c2ccc(-c3ccc4c(c3)c3ccccc3n4-c3cccc(-c4cccc5c4sc4c6c(ccc45)C(C)(C)c4ccccc4-6)c3)cc21. The summed E-state index contributed by atoms with van der Waals surface area (Å²) in [5, 5.41) is 5.23. The first-order valence-electron chi connectivity index (χ1n) is 19.8. The molecular formula is C54H39NS. The number of nitrogens with zero attached hydrogens (tertiary/aromatic N) is 1. The molecule has 1 nitrogen and oxygen atoms in total. The highest BCUT2D eigenvalue weighted by Crippen LogP contribution is 2.55. The van der Waals surface area contributed by atoms with Crippen LogP contribution in [-0.2, 0) is 10.8 Å². The maximum atomic E-state index is 2.46. The van der Waals surface area contributed by atoms with Gasteiger partial charge in [0.05, 0.1) is 11.0 Å². The van der Waals surface area contributed by atoms with Gasteiger partial charge in [0, 0.05) is 53.0 Å². The molecule has 0 radical (unpaired) electrons. The van der Waals surface area contributed by atoms with Gasteiger partial charge in [0.25, 0.3) is 0 Å². The van der Waals surface area contributed by atoms with Crippen molar-refractivity contribution in [2.45, 2.75) is 38.5 Å². The Morgan fingerprint density at radius 1 is 0.375 bits per heavy atom. The van der Waals surface area contributed by atoms with Crippen LogP contribution >= 0.6 is 11.3 Å². The zero-order valence-electron chi connectivity index (χ0n) is 31.9. The third kappa shape index (κ3) is 4.20. The summed E-state index contributed by atoms with van der Waals surface area (Å²) in [6.45, 7) is 9.46. The highest BCUT2D eigenvalue weighted by atomic mass is 32.1. The predicted octanol–water partition coefficient (Wildman–Crippen LogP) is 15.1. The second kappa shape index (κ2) is 11.2. The van der Waals surface area contributed by atoms with Crippen LogP contribution in [0.25, 0.3) is 92.2 Å². The highest BCUT2D eigenvalue weighted by Gasteiger charge is 2.37. The lowest BCUT2D eigenvalue weighted by Gasteiger charge is -2.22. The lowest BCUT2D eigenvalue weighted by atomic mass is 9.81. The fraction of sp³-hybridized carbons (Fsp3) is 0.111. The monoisotopic (exact) mass is 733 g/mol. The van der Waals surface area contributed by atoms with Gasteiger partial charge in [0.1, 0.15) is 0 Å². The van der Waals surface area contributed by atoms with E-state index in [0.717, 1.165) is 0 Å². The van der Waals surface area contributed by atoms with E-state index in [1.54, 1.807) is 0 Å². The van der Waals surface area contributed by atoms with Gasteiger partial charge in [0.15, 0.2) is 0 Å². The minimum Gasteiger partial charge on any atom is -0.309 e. The van der Waals surface area contributed by atoms with Crippen LogP contribution in [0.2, 0.25) is 0 Å². The van der Waals surface area contributed by atoms with Crippen molar-refractivity contribution >= 4 is 53.3 Å². The molecule has 0 amide bonds. The van der Waals surface area contributed by atoms with E-state index in [0.29, 0.717) is 0 Å². The van der Waals surface area contributed by atoms with E-state index in [1.807, 2.05) is 11.3 Å². The van der Waals surface area contributed by atoms with Gasteiger partial charge in [-0.15, -0.1) is 11.3 Å². The van der Waals surface area contributed by atoms with Gasteiger partial charge in [-0.1, -0.05) is 155 Å². The van der Waals surface area contributed by atoms with Crippen molar-refractivity contribution in [2.75, 3.05) is 0 Å². The smallest absolute Gasteiger partial charge is 0.0541 e. The number of hydrogen-bond donors (Lipinski definition) is 0. The summed E-state index contributed by atoms with van der Waals surface area (Å²) in [7, 11) is 0. The Hall–Kier alpha value is -6.22. The van der Waals surface area contributed by atoms with Gasteiger partial charge in [-0.25, -0.2) is 0 Å². The van der Waals surface area contributed by atoms with Crippen LogP contribution in [-0.4, -0.2) is 4.57 Å². The number of thiophene rings is 1. The largest absolute Gasteiger partial charge is 0.309 e. The zero-order valence-corrected chi connectivity index (χ0v) is 32.8. The van der Waals surface area contributed by atoms with Gasteiger partial charge in [-0.05, 0) is 97.6 Å². The number of para-hydroxylation sites is 1. The Morgan fingerprint density at radius 2 is 1.00 bits per heavy atom. The number of rotatable bonds is 3. The molecule has 0 aliphatic heterocycles. The highest BCUT2D eigenvalue weighted by molar-refractivity contribution is 7.27. The van der Waals surface area contributed by atoms with Crippen LogP contribution in [0.15, 0.2) is 164 Å². The van der Waals surface area contributed by atoms with Crippen molar-refractivity contribution in [3.8, 4) is 50.2 Å². The summed E-state index contributed by atoms with van der Waals surface area (Å²) < 4.78 is 5.20. The van der Waals surface area contributed by atoms with Crippen molar-refractivity contribution in [2.24, 2.45) is 0 Å². The fourth-order valence-electron chi connectivity index (χ4n) is 10.4. The van der Waals surface area contributed by atoms with Crippen molar-refractivity contribution in [3.05, 3.63) is 186 Å². The van der Waals surface area contributed by atoms with E-state index in [2.05, 4.69) is 196 Å². The Morgan fingerprint density at radius 3 is 1.88 bits per heavy atom. The van der Waals surface area contributed by atoms with E-state index < -0.39 is 0 Å². The molecule has 8 aromatic carbocycles. The van der Waals surface area contributed by atoms with Crippen LogP contribution < -0.4 is 0 Å². The van der Waals surface area contributed by atoms with Crippen LogP contribution in [0.4, 0.5) is 0 Å². The van der Waals surface area contributed by atoms with Gasteiger partial charge >= 0.3 is 0 Å². The van der Waals surface area contributed by atoms with Crippen LogP contribution in [0.3, 0.4) is 0 Å². The number of hydrogen-bond acceptors (Lipinski definition) is 1. The first kappa shape index (κ1) is 32.1. The van der Waals surface area contributed by atoms with Crippen LogP contribution in [0.1, 0.15) is 49.9 Å². The lowest BCUT2D eigenvalue weighted by molar-refractivity contribution is 0.660. The van der Waals surface area contributed by atoms with Gasteiger partial charge in [-0.2, -0.15) is 0 Å². The second-order valence-corrected chi connectivity index (χ2v) is 17.9. The van der Waals surface area contributed by atoms with Crippen molar-refractivity contribution < 1.29 is 0 Å². The standard InChI is InChI=1S/C54H39NS/c1-53(2)45-21-9-6-17-42(45)50-46(53)27-26-41-40-19-12-18-36(51(40)56-52(41)50)34-13-11-14-35(29-34)55-48-22-10-7-16-39(48)43-30-32(24-28-49(43)55)33-23-25-38-37-15-5-8-20-44(37)54(3,4)47(38)31-33/h5-31H,1-4H3. The van der Waals surface area contributed by atoms with Crippen molar-refractivity contribution in [3.63, 3.8) is 0 Å². The molecular weight excluding hydrogens is 695 g/mol. The average molecular weight is 734 g/mol. The maximum Gasteiger partial charge on any atom is 0.0541 e. The minimum atomic E-state index is -0.0321. The van der Waals surface area contributed by atoms with E-state index >= 15 is 0 Å². The lowest BCUT2D eigenvalue weighted by Crippen LogP contribution is -2.14. The molecule has 12 rings (SSSR count). The molecule has 10 aromatic rings. The molecule has 0 unspecified atom stereocenters. The molecule has 2 heterocycles. The molecule has 2 heteroatoms. The number of fused-ring (bicyclic) bond motifs is 13. The van der Waals surface area contributed by atoms with Crippen LogP contribution in [0.5, 0.6) is 0 Å². The quantitative estimate of drug-likeness (QED) is 0.170. The minimum absolute atomic E-state index is 0.0127. The molecule has 0 saturated carbocycles. The number of aromatic nitrogens is 1. The topological polar surface area (TPSA) is 4.93 Å². The first-order chi connectivity index (χ1) is 27.3. The van der Waals surface area contributed by atoms with E-state index in [4.69, 9.17) is 0 Å². The Bertz CT molecular complexity index is 3310. The summed E-state index contributed by atoms with van der Waals surface area (Å²) in [4.78, 5) is 0. The molecule has 0 atom stereocenters. The molecule has 0 spiro atoms. The molecule has 0 bridgehead atoms. The molecule has 56 heavy (non-hydrogen) atoms. The molecule has 0 N–H and O–H groups in total. The summed E-state index contributed by atoms with van der Waals surface area (Å²) in [5.41, 5.74) is 19.8. The predicted molar refractivity (Wildman–Crippen MR) is 240 cm³/mol. The Balaban J connectivity index is 0.999. The number of benzene rings is 8. The fourth-order valence-corrected chi connectivity index (χ4v) is 11.8. The second-order valence-electron chi connectivity index (χ2n) is 16.9. The third-order valence-corrected chi connectivity index (χ3v) is 14.5. The zero-order chi connectivity index (χ0) is 37.5. The maximum absolute atomic E-state index is 2.46. The average Bonchev–Trinajstić information content (AvgIpc) is 3.91. The molecule has 0 fully saturated rings. The summed E-state index contributed by atoms with van der Waals surface area (Å²) >= 11 is 1.96. The molecule has 266 valence electrons. The summed E-state index contributed by atoms with van der Waals surface area (Å²) in [6.07, 6.45) is 0. The van der Waals surface area contributed by atoms with Crippen LogP contribution in [0, 0.1) is 0 Å². The third-order valence-electron chi connectivity index (χ3n) is 13.2. The van der Waals surface area contributed by atoms with E-state index in [1.165, 1.54) is 114 Å². The summed E-state index contributed by atoms with van der Waals surface area (Å²) in [5.74, 6) is 0. The summed E-state index contributed by atoms with van der Waals surface area (Å²) in [6, 6.07) is 61.7. The molecule has 2 aromatic heterocycles. The van der Waals surface area contributed by atoms with Crippen molar-refractivity contribution in [1.82, 2.24) is 4.57 Å².